The molecule has 0 aliphatic heterocycles. The van der Waals surface area contributed by atoms with Gasteiger partial charge in [-0.15, -0.1) is 0 Å². The zero-order chi connectivity index (χ0) is 17.3. The first-order valence-electron chi connectivity index (χ1n) is 7.86. The molecule has 0 atom stereocenters. The summed E-state index contributed by atoms with van der Waals surface area (Å²) in [4.78, 5) is 20.9. The van der Waals surface area contributed by atoms with Gasteiger partial charge in [0.15, 0.2) is 5.43 Å². The third kappa shape index (κ3) is 3.50. The predicted octanol–water partition coefficient (Wildman–Crippen LogP) is 3.91. The Kier molecular flexibility index (Phi) is 4.71. The first-order chi connectivity index (χ1) is 11.4. The largest absolute Gasteiger partial charge is 0.361 e. The topological polar surface area (TPSA) is 57.0 Å². The van der Waals surface area contributed by atoms with Crippen LogP contribution in [0.5, 0.6) is 0 Å². The highest BCUT2D eigenvalue weighted by molar-refractivity contribution is 6.76. The molecule has 0 unspecified atom stereocenters. The van der Waals surface area contributed by atoms with Crippen molar-refractivity contribution in [3.05, 3.63) is 46.0 Å². The molecule has 0 N–H and O–H groups in total. The van der Waals surface area contributed by atoms with E-state index in [4.69, 9.17) is 16.3 Å². The molecule has 0 bridgehead atoms. The van der Waals surface area contributed by atoms with Gasteiger partial charge in [0.25, 0.3) is 0 Å². The van der Waals surface area contributed by atoms with Crippen LogP contribution in [0.3, 0.4) is 0 Å². The summed E-state index contributed by atoms with van der Waals surface area (Å²) in [6, 6.07) is 6.38. The fraction of sp³-hybridized carbons (Fsp3) is 0.353. The van der Waals surface area contributed by atoms with E-state index >= 15 is 0 Å². The van der Waals surface area contributed by atoms with Crippen LogP contribution in [0.2, 0.25) is 30.7 Å². The molecule has 7 heteroatoms. The first kappa shape index (κ1) is 17.1. The summed E-state index contributed by atoms with van der Waals surface area (Å²) in [6.07, 6.45) is 2.99. The number of fused-ring (bicyclic) bond motifs is 2. The Morgan fingerprint density at radius 3 is 2.79 bits per heavy atom. The third-order valence-electron chi connectivity index (χ3n) is 3.90. The summed E-state index contributed by atoms with van der Waals surface area (Å²) in [7, 11) is -1.15. The van der Waals surface area contributed by atoms with Crippen LogP contribution in [0, 0.1) is 0 Å². The average molecular weight is 362 g/mol. The maximum absolute atomic E-state index is 12.7. The molecule has 2 heterocycles. The van der Waals surface area contributed by atoms with Crippen molar-refractivity contribution in [2.75, 3.05) is 6.61 Å². The summed E-state index contributed by atoms with van der Waals surface area (Å²) < 4.78 is 7.80. The van der Waals surface area contributed by atoms with E-state index in [2.05, 4.69) is 29.6 Å². The van der Waals surface area contributed by atoms with Gasteiger partial charge in [0.2, 0.25) is 0 Å². The summed E-state index contributed by atoms with van der Waals surface area (Å²) in [6.45, 7) is 7.99. The quantitative estimate of drug-likeness (QED) is 0.392. The highest BCUT2D eigenvalue weighted by Gasteiger charge is 2.14. The molecular weight excluding hydrogens is 342 g/mol. The zero-order valence-corrected chi connectivity index (χ0v) is 15.8. The monoisotopic (exact) mass is 361 g/mol. The number of hydrogen-bond donors (Lipinski definition) is 0. The maximum Gasteiger partial charge on any atom is 0.200 e. The molecule has 0 saturated heterocycles. The van der Waals surface area contributed by atoms with E-state index in [1.165, 1.54) is 6.33 Å². The number of rotatable bonds is 5. The summed E-state index contributed by atoms with van der Waals surface area (Å²) in [5, 5.41) is 1.56. The number of ether oxygens (including phenoxy) is 1. The van der Waals surface area contributed by atoms with Crippen molar-refractivity contribution in [1.82, 2.24) is 14.5 Å². The molecule has 0 spiro atoms. The fourth-order valence-electron chi connectivity index (χ4n) is 2.55. The van der Waals surface area contributed by atoms with Crippen molar-refractivity contribution in [3.8, 4) is 0 Å². The molecule has 0 radical (unpaired) electrons. The van der Waals surface area contributed by atoms with Crippen LogP contribution in [0.4, 0.5) is 0 Å². The Balaban J connectivity index is 2.07. The van der Waals surface area contributed by atoms with Crippen LogP contribution in [0.15, 0.2) is 35.5 Å². The molecule has 0 amide bonds. The lowest BCUT2D eigenvalue weighted by atomic mass is 10.1. The SMILES string of the molecule is C[Si](C)(C)CCOCn1c2ccc(Cl)cc2c(=O)c2cncnc21. The Hall–Kier alpha value is -1.76. The van der Waals surface area contributed by atoms with E-state index in [9.17, 15) is 4.79 Å². The molecule has 0 fully saturated rings. The van der Waals surface area contributed by atoms with E-state index in [1.807, 2.05) is 10.6 Å². The average Bonchev–Trinajstić information content (AvgIpc) is 2.53. The van der Waals surface area contributed by atoms with Crippen LogP contribution in [0.1, 0.15) is 0 Å². The van der Waals surface area contributed by atoms with Crippen molar-refractivity contribution < 1.29 is 4.74 Å². The second kappa shape index (κ2) is 6.62. The van der Waals surface area contributed by atoms with E-state index in [-0.39, 0.29) is 5.43 Å². The van der Waals surface area contributed by atoms with Crippen molar-refractivity contribution in [2.24, 2.45) is 0 Å². The minimum Gasteiger partial charge on any atom is -0.361 e. The van der Waals surface area contributed by atoms with Crippen LogP contribution in [-0.2, 0) is 11.5 Å². The number of hydrogen-bond acceptors (Lipinski definition) is 4. The minimum atomic E-state index is -1.15. The van der Waals surface area contributed by atoms with Crippen LogP contribution in [-0.4, -0.2) is 29.2 Å². The van der Waals surface area contributed by atoms with Crippen LogP contribution >= 0.6 is 11.6 Å². The Morgan fingerprint density at radius 2 is 2.04 bits per heavy atom. The van der Waals surface area contributed by atoms with Gasteiger partial charge in [0.1, 0.15) is 18.7 Å². The Labute approximate surface area is 146 Å². The second-order valence-electron chi connectivity index (χ2n) is 7.03. The lowest BCUT2D eigenvalue weighted by molar-refractivity contribution is 0.0923. The zero-order valence-electron chi connectivity index (χ0n) is 14.0. The van der Waals surface area contributed by atoms with E-state index in [0.29, 0.717) is 34.8 Å². The lowest BCUT2D eigenvalue weighted by Gasteiger charge is -2.17. The first-order valence-corrected chi connectivity index (χ1v) is 11.9. The standard InChI is InChI=1S/C17H20ClN3O2Si/c1-24(2,3)7-6-23-11-21-15-5-4-12(18)8-13(15)16(22)14-9-19-10-20-17(14)21/h4-5,8-10H,6-7,11H2,1-3H3. The predicted molar refractivity (Wildman–Crippen MR) is 100 cm³/mol. The smallest absolute Gasteiger partial charge is 0.200 e. The number of benzene rings is 1. The molecule has 0 aliphatic rings. The molecule has 5 nitrogen and oxygen atoms in total. The van der Waals surface area contributed by atoms with Gasteiger partial charge < -0.3 is 9.30 Å². The highest BCUT2D eigenvalue weighted by Crippen LogP contribution is 2.21. The minimum absolute atomic E-state index is 0.110. The molecule has 126 valence electrons. The molecule has 3 aromatic rings. The Morgan fingerprint density at radius 1 is 1.25 bits per heavy atom. The molecule has 2 aromatic heterocycles. The molecule has 1 aromatic carbocycles. The van der Waals surface area contributed by atoms with Gasteiger partial charge in [-0.25, -0.2) is 9.97 Å². The lowest BCUT2D eigenvalue weighted by Crippen LogP contribution is -2.22. The van der Waals surface area contributed by atoms with Crippen LogP contribution in [0.25, 0.3) is 21.9 Å². The van der Waals surface area contributed by atoms with Gasteiger partial charge in [-0.05, 0) is 24.2 Å². The van der Waals surface area contributed by atoms with Crippen LogP contribution < -0.4 is 5.43 Å². The summed E-state index contributed by atoms with van der Waals surface area (Å²) in [5.74, 6) is 0. The number of aromatic nitrogens is 3. The number of halogens is 1. The van der Waals surface area contributed by atoms with Crippen molar-refractivity contribution >= 4 is 41.6 Å². The molecule has 3 rings (SSSR count). The van der Waals surface area contributed by atoms with Gasteiger partial charge in [-0.2, -0.15) is 0 Å². The van der Waals surface area contributed by atoms with Gasteiger partial charge in [0, 0.05) is 31.3 Å². The van der Waals surface area contributed by atoms with Crippen molar-refractivity contribution in [1.29, 1.82) is 0 Å². The second-order valence-corrected chi connectivity index (χ2v) is 13.1. The maximum atomic E-state index is 12.7. The fourth-order valence-corrected chi connectivity index (χ4v) is 3.48. The van der Waals surface area contributed by atoms with E-state index in [1.54, 1.807) is 18.3 Å². The van der Waals surface area contributed by atoms with Gasteiger partial charge in [0.05, 0.1) is 10.9 Å². The van der Waals surface area contributed by atoms with Gasteiger partial charge in [-0.3, -0.25) is 4.79 Å². The highest BCUT2D eigenvalue weighted by atomic mass is 35.5. The van der Waals surface area contributed by atoms with Crippen molar-refractivity contribution in [3.63, 3.8) is 0 Å². The third-order valence-corrected chi connectivity index (χ3v) is 5.84. The molecule has 24 heavy (non-hydrogen) atoms. The molecule has 0 saturated carbocycles. The summed E-state index contributed by atoms with van der Waals surface area (Å²) >= 11 is 6.07. The molecular formula is C17H20ClN3O2Si. The molecule has 0 aliphatic carbocycles. The normalized spacial score (nSPS) is 12.2. The van der Waals surface area contributed by atoms with Gasteiger partial charge in [-0.1, -0.05) is 31.2 Å². The summed E-state index contributed by atoms with van der Waals surface area (Å²) in [5.41, 5.74) is 1.24. The Bertz CT molecular complexity index is 950. The van der Waals surface area contributed by atoms with Gasteiger partial charge >= 0.3 is 0 Å². The number of pyridine rings is 1. The van der Waals surface area contributed by atoms with E-state index in [0.717, 1.165) is 11.6 Å². The van der Waals surface area contributed by atoms with E-state index < -0.39 is 8.07 Å². The van der Waals surface area contributed by atoms with Crippen molar-refractivity contribution in [2.45, 2.75) is 32.4 Å². The number of nitrogens with zero attached hydrogens (tertiary/aromatic N) is 3.